The quantitative estimate of drug-likeness (QED) is 0.642. The van der Waals surface area contributed by atoms with E-state index in [0.717, 1.165) is 26.7 Å². The Morgan fingerprint density at radius 2 is 1.24 bits per heavy atom. The minimum atomic E-state index is 1.06. The van der Waals surface area contributed by atoms with Crippen molar-refractivity contribution in [3.8, 4) is 22.3 Å². The molecule has 2 heterocycles. The molecule has 0 aliphatic rings. The number of hydrogen-bond donors (Lipinski definition) is 0. The number of aromatic nitrogens is 2. The summed E-state index contributed by atoms with van der Waals surface area (Å²) < 4.78 is 1.06. The number of nitrogens with zero attached hydrogens (tertiary/aromatic N) is 2. The van der Waals surface area contributed by atoms with Gasteiger partial charge < -0.3 is 0 Å². The van der Waals surface area contributed by atoms with E-state index in [2.05, 4.69) is 57.9 Å². The fraction of sp³-hybridized carbons (Fsp3) is 0.111. The first-order chi connectivity index (χ1) is 10.1. The topological polar surface area (TPSA) is 25.8 Å². The van der Waals surface area contributed by atoms with Gasteiger partial charge >= 0.3 is 0 Å². The molecular formula is C18H15BrN2. The van der Waals surface area contributed by atoms with Crippen molar-refractivity contribution in [2.45, 2.75) is 13.8 Å². The van der Waals surface area contributed by atoms with Crippen LogP contribution in [0.3, 0.4) is 0 Å². The van der Waals surface area contributed by atoms with Crippen molar-refractivity contribution in [1.29, 1.82) is 0 Å². The highest BCUT2D eigenvalue weighted by Gasteiger charge is 2.08. The number of pyridine rings is 2. The number of benzene rings is 1. The highest BCUT2D eigenvalue weighted by molar-refractivity contribution is 9.10. The van der Waals surface area contributed by atoms with Gasteiger partial charge in [0.05, 0.1) is 0 Å². The fourth-order valence-electron chi connectivity index (χ4n) is 2.43. The predicted molar refractivity (Wildman–Crippen MR) is 90.1 cm³/mol. The molecule has 0 radical (unpaired) electrons. The lowest BCUT2D eigenvalue weighted by molar-refractivity contribution is 1.28. The molecule has 0 atom stereocenters. The summed E-state index contributed by atoms with van der Waals surface area (Å²) in [6, 6.07) is 10.5. The summed E-state index contributed by atoms with van der Waals surface area (Å²) in [5, 5.41) is 0. The summed E-state index contributed by atoms with van der Waals surface area (Å²) in [6.07, 6.45) is 7.47. The van der Waals surface area contributed by atoms with E-state index in [0.29, 0.717) is 0 Å². The lowest BCUT2D eigenvalue weighted by Crippen LogP contribution is -1.89. The van der Waals surface area contributed by atoms with Gasteiger partial charge in [-0.05, 0) is 66.4 Å². The second-order valence-corrected chi connectivity index (χ2v) is 6.03. The Morgan fingerprint density at radius 3 is 1.67 bits per heavy atom. The Bertz CT molecular complexity index is 733. The standard InChI is InChI=1S/C18H15BrN2/c1-12-3-5-20-10-17(12)14-7-15(9-16(19)8-14)18-11-21-6-4-13(18)2/h3-11H,1-2H3. The van der Waals surface area contributed by atoms with Gasteiger partial charge in [0.1, 0.15) is 0 Å². The van der Waals surface area contributed by atoms with Crippen LogP contribution in [0.4, 0.5) is 0 Å². The maximum absolute atomic E-state index is 4.24. The van der Waals surface area contributed by atoms with Crippen molar-refractivity contribution in [1.82, 2.24) is 9.97 Å². The van der Waals surface area contributed by atoms with Crippen LogP contribution >= 0.6 is 15.9 Å². The van der Waals surface area contributed by atoms with Gasteiger partial charge in [-0.15, -0.1) is 0 Å². The third-order valence-corrected chi connectivity index (χ3v) is 4.06. The fourth-order valence-corrected chi connectivity index (χ4v) is 2.93. The number of hydrogen-bond acceptors (Lipinski definition) is 2. The first-order valence-corrected chi connectivity index (χ1v) is 7.57. The van der Waals surface area contributed by atoms with Crippen LogP contribution in [0, 0.1) is 13.8 Å². The van der Waals surface area contributed by atoms with Crippen LogP contribution in [0.5, 0.6) is 0 Å². The van der Waals surface area contributed by atoms with Gasteiger partial charge in [-0.3, -0.25) is 9.97 Å². The third-order valence-electron chi connectivity index (χ3n) is 3.60. The zero-order valence-corrected chi connectivity index (χ0v) is 13.6. The maximum Gasteiger partial charge on any atom is 0.0349 e. The molecule has 0 saturated carbocycles. The molecule has 0 bridgehead atoms. The highest BCUT2D eigenvalue weighted by Crippen LogP contribution is 2.32. The van der Waals surface area contributed by atoms with Gasteiger partial charge in [-0.2, -0.15) is 0 Å². The smallest absolute Gasteiger partial charge is 0.0349 e. The molecule has 0 amide bonds. The van der Waals surface area contributed by atoms with E-state index in [4.69, 9.17) is 0 Å². The molecule has 2 aromatic heterocycles. The summed E-state index contributed by atoms with van der Waals surface area (Å²) in [6.45, 7) is 4.21. The van der Waals surface area contributed by atoms with Gasteiger partial charge in [0, 0.05) is 40.4 Å². The Kier molecular flexibility index (Phi) is 3.84. The van der Waals surface area contributed by atoms with E-state index >= 15 is 0 Å². The van der Waals surface area contributed by atoms with Crippen LogP contribution in [-0.4, -0.2) is 9.97 Å². The molecule has 0 N–H and O–H groups in total. The Hall–Kier alpha value is -2.00. The summed E-state index contributed by atoms with van der Waals surface area (Å²) in [5.41, 5.74) is 7.07. The molecule has 0 aliphatic carbocycles. The highest BCUT2D eigenvalue weighted by atomic mass is 79.9. The lowest BCUT2D eigenvalue weighted by atomic mass is 9.97. The molecular weight excluding hydrogens is 324 g/mol. The summed E-state index contributed by atoms with van der Waals surface area (Å²) in [4.78, 5) is 8.49. The van der Waals surface area contributed by atoms with Crippen LogP contribution in [0.15, 0.2) is 59.6 Å². The van der Waals surface area contributed by atoms with Gasteiger partial charge in [-0.1, -0.05) is 15.9 Å². The van der Waals surface area contributed by atoms with E-state index in [-0.39, 0.29) is 0 Å². The molecule has 3 heteroatoms. The largest absolute Gasteiger partial charge is 0.264 e. The van der Waals surface area contributed by atoms with Crippen molar-refractivity contribution < 1.29 is 0 Å². The van der Waals surface area contributed by atoms with Crippen LogP contribution in [0.25, 0.3) is 22.3 Å². The minimum absolute atomic E-state index is 1.06. The average Bonchev–Trinajstić information content (AvgIpc) is 2.47. The van der Waals surface area contributed by atoms with Crippen LogP contribution in [-0.2, 0) is 0 Å². The van der Waals surface area contributed by atoms with Crippen molar-refractivity contribution in [2.75, 3.05) is 0 Å². The van der Waals surface area contributed by atoms with Gasteiger partial charge in [0.15, 0.2) is 0 Å². The number of halogens is 1. The van der Waals surface area contributed by atoms with Crippen molar-refractivity contribution in [2.24, 2.45) is 0 Å². The molecule has 3 rings (SSSR count). The van der Waals surface area contributed by atoms with Crippen LogP contribution in [0.2, 0.25) is 0 Å². The average molecular weight is 339 g/mol. The van der Waals surface area contributed by atoms with Crippen molar-refractivity contribution in [3.63, 3.8) is 0 Å². The maximum atomic E-state index is 4.24. The molecule has 3 aromatic rings. The molecule has 0 unspecified atom stereocenters. The molecule has 0 saturated heterocycles. The summed E-state index contributed by atoms with van der Waals surface area (Å²) in [5.74, 6) is 0. The Morgan fingerprint density at radius 1 is 0.762 bits per heavy atom. The first kappa shape index (κ1) is 14.0. The molecule has 0 spiro atoms. The monoisotopic (exact) mass is 338 g/mol. The zero-order chi connectivity index (χ0) is 14.8. The molecule has 21 heavy (non-hydrogen) atoms. The SMILES string of the molecule is Cc1ccncc1-c1cc(Br)cc(-c2cnccc2C)c1. The van der Waals surface area contributed by atoms with Crippen LogP contribution in [0.1, 0.15) is 11.1 Å². The molecule has 2 nitrogen and oxygen atoms in total. The summed E-state index contributed by atoms with van der Waals surface area (Å²) in [7, 11) is 0. The van der Waals surface area contributed by atoms with Gasteiger partial charge in [0.2, 0.25) is 0 Å². The minimum Gasteiger partial charge on any atom is -0.264 e. The van der Waals surface area contributed by atoms with E-state index < -0.39 is 0 Å². The van der Waals surface area contributed by atoms with Crippen molar-refractivity contribution >= 4 is 15.9 Å². The number of aryl methyl sites for hydroxylation is 2. The van der Waals surface area contributed by atoms with Gasteiger partial charge in [0.25, 0.3) is 0 Å². The van der Waals surface area contributed by atoms with E-state index in [1.807, 2.05) is 36.9 Å². The number of rotatable bonds is 2. The van der Waals surface area contributed by atoms with E-state index in [9.17, 15) is 0 Å². The summed E-state index contributed by atoms with van der Waals surface area (Å²) >= 11 is 3.62. The lowest BCUT2D eigenvalue weighted by Gasteiger charge is -2.10. The second kappa shape index (κ2) is 5.78. The predicted octanol–water partition coefficient (Wildman–Crippen LogP) is 5.19. The van der Waals surface area contributed by atoms with Crippen LogP contribution < -0.4 is 0 Å². The Balaban J connectivity index is 2.18. The normalized spacial score (nSPS) is 10.6. The molecule has 0 fully saturated rings. The molecule has 104 valence electrons. The van der Waals surface area contributed by atoms with E-state index in [1.54, 1.807) is 0 Å². The zero-order valence-electron chi connectivity index (χ0n) is 12.0. The second-order valence-electron chi connectivity index (χ2n) is 5.11. The first-order valence-electron chi connectivity index (χ1n) is 6.78. The third kappa shape index (κ3) is 2.88. The molecule has 0 aliphatic heterocycles. The Labute approximate surface area is 133 Å². The molecule has 1 aromatic carbocycles. The van der Waals surface area contributed by atoms with E-state index in [1.165, 1.54) is 11.1 Å². The van der Waals surface area contributed by atoms with Gasteiger partial charge in [-0.25, -0.2) is 0 Å². The van der Waals surface area contributed by atoms with Crippen molar-refractivity contribution in [3.05, 3.63) is 70.7 Å².